The summed E-state index contributed by atoms with van der Waals surface area (Å²) in [6.45, 7) is 3.28. The fourth-order valence-corrected chi connectivity index (χ4v) is 4.16. The summed E-state index contributed by atoms with van der Waals surface area (Å²) in [5.74, 6) is 0.509. The van der Waals surface area contributed by atoms with Crippen LogP contribution in [0.5, 0.6) is 0 Å². The van der Waals surface area contributed by atoms with Gasteiger partial charge in [-0.2, -0.15) is 5.10 Å². The lowest BCUT2D eigenvalue weighted by molar-refractivity contribution is 0.0618. The Morgan fingerprint density at radius 2 is 2.12 bits per heavy atom. The highest BCUT2D eigenvalue weighted by Gasteiger charge is 2.35. The molecule has 3 aliphatic heterocycles. The van der Waals surface area contributed by atoms with Crippen molar-refractivity contribution >= 4 is 16.8 Å². The molecule has 3 aliphatic rings. The number of amides is 1. The quantitative estimate of drug-likeness (QED) is 0.771. The van der Waals surface area contributed by atoms with Crippen molar-refractivity contribution in [2.45, 2.75) is 18.9 Å². The SMILES string of the molecule is O=C(N[C@@H]1CN2CCC1CC2)c1n[nH]c2ccc(-c3ccoc3)cc12. The Balaban J connectivity index is 1.44. The first-order valence-electron chi connectivity index (χ1n) is 8.82. The predicted molar refractivity (Wildman–Crippen MR) is 94.2 cm³/mol. The molecule has 6 heteroatoms. The van der Waals surface area contributed by atoms with Gasteiger partial charge in [-0.25, -0.2) is 0 Å². The second-order valence-electron chi connectivity index (χ2n) is 7.06. The highest BCUT2D eigenvalue weighted by molar-refractivity contribution is 6.05. The summed E-state index contributed by atoms with van der Waals surface area (Å²) in [6, 6.07) is 8.10. The van der Waals surface area contributed by atoms with E-state index >= 15 is 0 Å². The average molecular weight is 336 g/mol. The van der Waals surface area contributed by atoms with Gasteiger partial charge in [0.25, 0.3) is 5.91 Å². The zero-order valence-electron chi connectivity index (χ0n) is 13.9. The lowest BCUT2D eigenvalue weighted by Gasteiger charge is -2.44. The molecule has 2 aromatic heterocycles. The molecular weight excluding hydrogens is 316 g/mol. The number of hydrogen-bond donors (Lipinski definition) is 2. The van der Waals surface area contributed by atoms with E-state index in [1.807, 2.05) is 24.3 Å². The number of nitrogens with one attached hydrogen (secondary N) is 2. The fraction of sp³-hybridized carbons (Fsp3) is 0.368. The normalized spacial score (nSPS) is 25.4. The minimum atomic E-state index is -0.0886. The van der Waals surface area contributed by atoms with Crippen molar-refractivity contribution < 1.29 is 9.21 Å². The summed E-state index contributed by atoms with van der Waals surface area (Å²) in [4.78, 5) is 15.3. The van der Waals surface area contributed by atoms with Crippen molar-refractivity contribution in [1.29, 1.82) is 0 Å². The van der Waals surface area contributed by atoms with Crippen LogP contribution in [-0.4, -0.2) is 46.7 Å². The molecule has 3 fully saturated rings. The van der Waals surface area contributed by atoms with E-state index in [1.54, 1.807) is 12.5 Å². The Morgan fingerprint density at radius 1 is 1.24 bits per heavy atom. The lowest BCUT2D eigenvalue weighted by Crippen LogP contribution is -2.57. The molecule has 3 saturated heterocycles. The van der Waals surface area contributed by atoms with Crippen molar-refractivity contribution in [3.63, 3.8) is 0 Å². The molecular formula is C19H20N4O2. The number of carbonyl (C=O) groups excluding carboxylic acids is 1. The smallest absolute Gasteiger partial charge is 0.272 e. The first-order chi connectivity index (χ1) is 12.3. The number of H-pyrrole nitrogens is 1. The summed E-state index contributed by atoms with van der Waals surface area (Å²) in [5.41, 5.74) is 3.34. The number of benzene rings is 1. The van der Waals surface area contributed by atoms with Gasteiger partial charge in [0.2, 0.25) is 0 Å². The number of hydrogen-bond acceptors (Lipinski definition) is 4. The summed E-state index contributed by atoms with van der Waals surface area (Å²) >= 11 is 0. The van der Waals surface area contributed by atoms with Gasteiger partial charge in [0.05, 0.1) is 18.0 Å². The highest BCUT2D eigenvalue weighted by atomic mass is 16.3. The standard InChI is InChI=1S/C19H20N4O2/c24-19(20-17-10-23-6-3-12(17)4-7-23)18-15-9-13(14-5-8-25-11-14)1-2-16(15)21-22-18/h1-2,5,8-9,11-12,17H,3-4,6-7,10H2,(H,20,24)(H,21,22)/t17-/m1/s1. The maximum atomic E-state index is 12.8. The monoisotopic (exact) mass is 336 g/mol. The van der Waals surface area contributed by atoms with Gasteiger partial charge in [-0.3, -0.25) is 9.89 Å². The van der Waals surface area contributed by atoms with Crippen LogP contribution in [0.25, 0.3) is 22.0 Å². The van der Waals surface area contributed by atoms with Crippen molar-refractivity contribution in [1.82, 2.24) is 20.4 Å². The van der Waals surface area contributed by atoms with Gasteiger partial charge in [-0.15, -0.1) is 0 Å². The number of rotatable bonds is 3. The third-order valence-electron chi connectivity index (χ3n) is 5.61. The van der Waals surface area contributed by atoms with Gasteiger partial charge in [0, 0.05) is 23.5 Å². The van der Waals surface area contributed by atoms with Crippen molar-refractivity contribution in [3.8, 4) is 11.1 Å². The van der Waals surface area contributed by atoms with Crippen LogP contribution in [0.3, 0.4) is 0 Å². The van der Waals surface area contributed by atoms with E-state index in [0.29, 0.717) is 11.6 Å². The zero-order valence-corrected chi connectivity index (χ0v) is 13.9. The van der Waals surface area contributed by atoms with E-state index in [-0.39, 0.29) is 11.9 Å². The maximum absolute atomic E-state index is 12.8. The molecule has 0 radical (unpaired) electrons. The summed E-state index contributed by atoms with van der Waals surface area (Å²) in [7, 11) is 0. The molecule has 6 nitrogen and oxygen atoms in total. The number of carbonyl (C=O) groups is 1. The molecule has 1 atom stereocenters. The second-order valence-corrected chi connectivity index (χ2v) is 7.06. The van der Waals surface area contributed by atoms with E-state index in [9.17, 15) is 4.79 Å². The average Bonchev–Trinajstić information content (AvgIpc) is 3.32. The van der Waals surface area contributed by atoms with Gasteiger partial charge in [0.1, 0.15) is 0 Å². The Bertz CT molecular complexity index is 907. The van der Waals surface area contributed by atoms with Crippen molar-refractivity contribution in [3.05, 3.63) is 42.5 Å². The number of nitrogens with zero attached hydrogens (tertiary/aromatic N) is 2. The van der Waals surface area contributed by atoms with E-state index in [2.05, 4.69) is 20.4 Å². The molecule has 2 N–H and O–H groups in total. The fourth-order valence-electron chi connectivity index (χ4n) is 4.16. The molecule has 1 amide bonds. The van der Waals surface area contributed by atoms with Crippen molar-refractivity contribution in [2.75, 3.05) is 19.6 Å². The molecule has 0 unspecified atom stereocenters. The molecule has 25 heavy (non-hydrogen) atoms. The Hall–Kier alpha value is -2.60. The molecule has 1 aromatic carbocycles. The van der Waals surface area contributed by atoms with Crippen LogP contribution in [0.15, 0.2) is 41.2 Å². The summed E-state index contributed by atoms with van der Waals surface area (Å²) in [6.07, 6.45) is 5.71. The van der Waals surface area contributed by atoms with Gasteiger partial charge >= 0.3 is 0 Å². The molecule has 6 rings (SSSR count). The predicted octanol–water partition coefficient (Wildman–Crippen LogP) is 2.65. The van der Waals surface area contributed by atoms with E-state index in [1.165, 1.54) is 12.8 Å². The molecule has 0 aliphatic carbocycles. The maximum Gasteiger partial charge on any atom is 0.272 e. The van der Waals surface area contributed by atoms with Crippen LogP contribution >= 0.6 is 0 Å². The topological polar surface area (TPSA) is 74.2 Å². The van der Waals surface area contributed by atoms with E-state index in [0.717, 1.165) is 41.7 Å². The number of fused-ring (bicyclic) bond motifs is 4. The third-order valence-corrected chi connectivity index (χ3v) is 5.61. The van der Waals surface area contributed by atoms with Crippen LogP contribution in [-0.2, 0) is 0 Å². The molecule has 128 valence electrons. The molecule has 2 bridgehead atoms. The van der Waals surface area contributed by atoms with Crippen LogP contribution in [0.2, 0.25) is 0 Å². The van der Waals surface area contributed by atoms with Crippen LogP contribution in [0.4, 0.5) is 0 Å². The minimum Gasteiger partial charge on any atom is -0.472 e. The second kappa shape index (κ2) is 5.74. The first-order valence-corrected chi connectivity index (χ1v) is 8.82. The van der Waals surface area contributed by atoms with Gasteiger partial charge < -0.3 is 14.6 Å². The highest BCUT2D eigenvalue weighted by Crippen LogP contribution is 2.29. The van der Waals surface area contributed by atoms with E-state index < -0.39 is 0 Å². The number of aromatic nitrogens is 2. The van der Waals surface area contributed by atoms with Gasteiger partial charge in [-0.1, -0.05) is 6.07 Å². The first kappa shape index (κ1) is 14.7. The molecule has 0 saturated carbocycles. The van der Waals surface area contributed by atoms with Crippen LogP contribution in [0.1, 0.15) is 23.3 Å². The molecule has 0 spiro atoms. The number of furan rings is 1. The van der Waals surface area contributed by atoms with Crippen LogP contribution in [0, 0.1) is 5.92 Å². The van der Waals surface area contributed by atoms with Gasteiger partial charge in [-0.05, 0) is 55.6 Å². The Morgan fingerprint density at radius 3 is 2.84 bits per heavy atom. The van der Waals surface area contributed by atoms with Crippen LogP contribution < -0.4 is 5.32 Å². The van der Waals surface area contributed by atoms with E-state index in [4.69, 9.17) is 4.42 Å². The number of piperidine rings is 3. The lowest BCUT2D eigenvalue weighted by atomic mass is 9.84. The summed E-state index contributed by atoms with van der Waals surface area (Å²) < 4.78 is 5.16. The minimum absolute atomic E-state index is 0.0886. The largest absolute Gasteiger partial charge is 0.472 e. The number of aromatic amines is 1. The molecule has 5 heterocycles. The Labute approximate surface area is 145 Å². The zero-order chi connectivity index (χ0) is 16.8. The van der Waals surface area contributed by atoms with Gasteiger partial charge in [0.15, 0.2) is 5.69 Å². The van der Waals surface area contributed by atoms with Crippen molar-refractivity contribution in [2.24, 2.45) is 5.92 Å². The molecule has 3 aromatic rings. The third kappa shape index (κ3) is 2.53. The Kier molecular flexibility index (Phi) is 3.38. The summed E-state index contributed by atoms with van der Waals surface area (Å²) in [5, 5.41) is 11.3.